The molecule has 1 saturated carbocycles. The number of hydrogen-bond donors (Lipinski definition) is 3. The van der Waals surface area contributed by atoms with Crippen LogP contribution in [0.15, 0.2) is 29.4 Å². The predicted molar refractivity (Wildman–Crippen MR) is 80.9 cm³/mol. The molecule has 1 fully saturated rings. The maximum Gasteiger partial charge on any atom is 0.170 e. The Balaban J connectivity index is 1.87. The van der Waals surface area contributed by atoms with Crippen LogP contribution in [0.3, 0.4) is 0 Å². The van der Waals surface area contributed by atoms with Crippen molar-refractivity contribution in [3.05, 3.63) is 35.4 Å². The largest absolute Gasteiger partial charge is 0.409 e. The number of likely N-dealkylation sites (N-methyl/N-ethyl adjacent to an activating group) is 1. The number of nitrogens with two attached hydrogens (primary N) is 1. The Hall–Kier alpha value is -1.59. The molecule has 20 heavy (non-hydrogen) atoms. The number of nitrogens with zero attached hydrogens (tertiary/aromatic N) is 2. The predicted octanol–water partition coefficient (Wildman–Crippen LogP) is 1.35. The van der Waals surface area contributed by atoms with Crippen molar-refractivity contribution >= 4 is 5.84 Å². The van der Waals surface area contributed by atoms with E-state index in [1.165, 1.54) is 12.8 Å². The summed E-state index contributed by atoms with van der Waals surface area (Å²) < 4.78 is 0. The Bertz CT molecular complexity index is 471. The molecule has 0 radical (unpaired) electrons. The minimum absolute atomic E-state index is 0.158. The van der Waals surface area contributed by atoms with Gasteiger partial charge >= 0.3 is 0 Å². The smallest absolute Gasteiger partial charge is 0.170 e. The van der Waals surface area contributed by atoms with Crippen molar-refractivity contribution in [3.63, 3.8) is 0 Å². The second-order valence-corrected chi connectivity index (χ2v) is 5.52. The molecule has 5 nitrogen and oxygen atoms in total. The second kappa shape index (κ2) is 6.72. The molecular weight excluding hydrogens is 252 g/mol. The van der Waals surface area contributed by atoms with E-state index >= 15 is 0 Å². The lowest BCUT2D eigenvalue weighted by Crippen LogP contribution is -2.39. The van der Waals surface area contributed by atoms with E-state index in [-0.39, 0.29) is 5.84 Å². The molecule has 0 aliphatic heterocycles. The summed E-state index contributed by atoms with van der Waals surface area (Å²) in [6.07, 6.45) is 2.65. The van der Waals surface area contributed by atoms with Crippen LogP contribution in [0.4, 0.5) is 0 Å². The molecule has 1 aliphatic carbocycles. The van der Waals surface area contributed by atoms with E-state index in [9.17, 15) is 0 Å². The van der Waals surface area contributed by atoms with Crippen LogP contribution in [0, 0.1) is 0 Å². The average Bonchev–Trinajstić information content (AvgIpc) is 3.30. The minimum atomic E-state index is 0.158. The molecule has 4 N–H and O–H groups in total. The first-order valence-corrected chi connectivity index (χ1v) is 7.12. The summed E-state index contributed by atoms with van der Waals surface area (Å²) in [6, 6.07) is 9.00. The number of rotatable bonds is 7. The zero-order chi connectivity index (χ0) is 14.5. The van der Waals surface area contributed by atoms with Crippen molar-refractivity contribution in [1.82, 2.24) is 10.2 Å². The normalized spacial score (nSPS) is 17.4. The van der Waals surface area contributed by atoms with Crippen LogP contribution < -0.4 is 11.1 Å². The van der Waals surface area contributed by atoms with Gasteiger partial charge in [0, 0.05) is 30.7 Å². The van der Waals surface area contributed by atoms with Crippen molar-refractivity contribution in [2.75, 3.05) is 13.6 Å². The van der Waals surface area contributed by atoms with E-state index < -0.39 is 0 Å². The lowest BCUT2D eigenvalue weighted by Gasteiger charge is -2.24. The van der Waals surface area contributed by atoms with Gasteiger partial charge in [0.1, 0.15) is 0 Å². The Morgan fingerprint density at radius 1 is 1.50 bits per heavy atom. The van der Waals surface area contributed by atoms with E-state index in [0.29, 0.717) is 6.04 Å². The Kier molecular flexibility index (Phi) is 4.98. The SMILES string of the molecule is CC(CNCc1ccccc1/C(N)=N/O)N(C)C1CC1. The topological polar surface area (TPSA) is 73.9 Å². The summed E-state index contributed by atoms with van der Waals surface area (Å²) in [5.41, 5.74) is 7.52. The summed E-state index contributed by atoms with van der Waals surface area (Å²) in [5.74, 6) is 0.158. The first-order chi connectivity index (χ1) is 9.63. The van der Waals surface area contributed by atoms with Crippen molar-refractivity contribution in [1.29, 1.82) is 0 Å². The van der Waals surface area contributed by atoms with E-state index in [0.717, 1.165) is 30.3 Å². The van der Waals surface area contributed by atoms with Gasteiger partial charge < -0.3 is 16.3 Å². The number of benzene rings is 1. The average molecular weight is 276 g/mol. The van der Waals surface area contributed by atoms with Gasteiger partial charge in [0.25, 0.3) is 0 Å². The monoisotopic (exact) mass is 276 g/mol. The van der Waals surface area contributed by atoms with Crippen LogP contribution >= 0.6 is 0 Å². The number of amidine groups is 1. The van der Waals surface area contributed by atoms with Crippen molar-refractivity contribution in [2.24, 2.45) is 10.9 Å². The van der Waals surface area contributed by atoms with Crippen molar-refractivity contribution in [2.45, 2.75) is 38.4 Å². The number of oxime groups is 1. The Labute approximate surface area is 120 Å². The fourth-order valence-electron chi connectivity index (χ4n) is 2.38. The number of hydrogen-bond acceptors (Lipinski definition) is 4. The molecule has 1 aromatic carbocycles. The molecule has 2 rings (SSSR count). The number of nitrogens with one attached hydrogen (secondary N) is 1. The molecular formula is C15H24N4O. The first kappa shape index (κ1) is 14.8. The maximum absolute atomic E-state index is 8.80. The summed E-state index contributed by atoms with van der Waals surface area (Å²) in [5, 5.41) is 15.3. The molecule has 0 bridgehead atoms. The quantitative estimate of drug-likeness (QED) is 0.304. The van der Waals surface area contributed by atoms with E-state index in [1.54, 1.807) is 0 Å². The lowest BCUT2D eigenvalue weighted by atomic mass is 10.1. The Morgan fingerprint density at radius 3 is 2.85 bits per heavy atom. The van der Waals surface area contributed by atoms with Crippen LogP contribution in [-0.2, 0) is 6.54 Å². The van der Waals surface area contributed by atoms with Gasteiger partial charge in [-0.05, 0) is 32.4 Å². The molecule has 0 saturated heterocycles. The fraction of sp³-hybridized carbons (Fsp3) is 0.533. The fourth-order valence-corrected chi connectivity index (χ4v) is 2.38. The maximum atomic E-state index is 8.80. The minimum Gasteiger partial charge on any atom is -0.409 e. The third-order valence-corrected chi connectivity index (χ3v) is 3.97. The highest BCUT2D eigenvalue weighted by Crippen LogP contribution is 2.26. The van der Waals surface area contributed by atoms with Gasteiger partial charge in [-0.3, -0.25) is 4.90 Å². The van der Waals surface area contributed by atoms with Gasteiger partial charge in [-0.15, -0.1) is 0 Å². The molecule has 0 aromatic heterocycles. The van der Waals surface area contributed by atoms with Crippen LogP contribution in [0.2, 0.25) is 0 Å². The van der Waals surface area contributed by atoms with Gasteiger partial charge in [-0.25, -0.2) is 0 Å². The van der Waals surface area contributed by atoms with Crippen LogP contribution in [-0.4, -0.2) is 41.6 Å². The molecule has 1 atom stereocenters. The third-order valence-electron chi connectivity index (χ3n) is 3.97. The molecule has 1 aromatic rings. The molecule has 0 spiro atoms. The van der Waals surface area contributed by atoms with Gasteiger partial charge in [0.15, 0.2) is 5.84 Å². The van der Waals surface area contributed by atoms with Gasteiger partial charge in [-0.1, -0.05) is 29.4 Å². The van der Waals surface area contributed by atoms with Gasteiger partial charge in [0.05, 0.1) is 0 Å². The standard InChI is InChI=1S/C15H24N4O/c1-11(19(2)13-7-8-13)9-17-10-12-5-3-4-6-14(12)15(16)18-20/h3-6,11,13,17,20H,7-10H2,1-2H3,(H2,16,18). The van der Waals surface area contributed by atoms with Crippen LogP contribution in [0.1, 0.15) is 30.9 Å². The highest BCUT2D eigenvalue weighted by molar-refractivity contribution is 5.98. The zero-order valence-corrected chi connectivity index (χ0v) is 12.2. The molecule has 0 amide bonds. The summed E-state index contributed by atoms with van der Waals surface area (Å²) in [6.45, 7) is 3.88. The van der Waals surface area contributed by atoms with E-state index in [4.69, 9.17) is 10.9 Å². The molecule has 5 heteroatoms. The van der Waals surface area contributed by atoms with Gasteiger partial charge in [-0.2, -0.15) is 0 Å². The molecule has 0 heterocycles. The molecule has 1 unspecified atom stereocenters. The molecule has 110 valence electrons. The summed E-state index contributed by atoms with van der Waals surface area (Å²) >= 11 is 0. The van der Waals surface area contributed by atoms with Crippen molar-refractivity contribution in [3.8, 4) is 0 Å². The highest BCUT2D eigenvalue weighted by Gasteiger charge is 2.28. The Morgan fingerprint density at radius 2 is 2.20 bits per heavy atom. The van der Waals surface area contributed by atoms with Gasteiger partial charge in [0.2, 0.25) is 0 Å². The highest BCUT2D eigenvalue weighted by atomic mass is 16.4. The van der Waals surface area contributed by atoms with Crippen LogP contribution in [0.25, 0.3) is 0 Å². The van der Waals surface area contributed by atoms with Crippen LogP contribution in [0.5, 0.6) is 0 Å². The van der Waals surface area contributed by atoms with Crippen molar-refractivity contribution < 1.29 is 5.21 Å². The lowest BCUT2D eigenvalue weighted by molar-refractivity contribution is 0.241. The van der Waals surface area contributed by atoms with E-state index in [2.05, 4.69) is 29.3 Å². The third kappa shape index (κ3) is 3.71. The summed E-state index contributed by atoms with van der Waals surface area (Å²) in [4.78, 5) is 2.43. The zero-order valence-electron chi connectivity index (χ0n) is 12.2. The first-order valence-electron chi connectivity index (χ1n) is 7.12. The summed E-state index contributed by atoms with van der Waals surface area (Å²) in [7, 11) is 2.19. The van der Waals surface area contributed by atoms with E-state index in [1.807, 2.05) is 24.3 Å². The second-order valence-electron chi connectivity index (χ2n) is 5.52. The molecule has 1 aliphatic rings.